The van der Waals surface area contributed by atoms with Crippen molar-refractivity contribution in [3.05, 3.63) is 59.4 Å². The summed E-state index contributed by atoms with van der Waals surface area (Å²) in [5, 5.41) is 12.1. The van der Waals surface area contributed by atoms with Crippen molar-refractivity contribution in [2.75, 3.05) is 33.1 Å². The maximum Gasteiger partial charge on any atom is 0.335 e. The van der Waals surface area contributed by atoms with Gasteiger partial charge in [0.1, 0.15) is 11.6 Å². The number of ether oxygens (including phenoxy) is 1. The van der Waals surface area contributed by atoms with E-state index in [0.717, 1.165) is 17.4 Å². The molecule has 0 aliphatic rings. The zero-order valence-electron chi connectivity index (χ0n) is 13.9. The molecular weight excluding hydrogens is 311 g/mol. The molecule has 1 unspecified atom stereocenters. The number of likely N-dealkylation sites (N-methyl/N-ethyl adjacent to an activating group) is 1. The molecule has 0 fully saturated rings. The monoisotopic (exact) mass is 332 g/mol. The van der Waals surface area contributed by atoms with Crippen molar-refractivity contribution in [2.45, 2.75) is 6.04 Å². The number of nitrogens with zero attached hydrogens (tertiary/aromatic N) is 1. The number of hydrogen-bond donors (Lipinski definition) is 2. The van der Waals surface area contributed by atoms with Crippen LogP contribution in [0.2, 0.25) is 0 Å². The summed E-state index contributed by atoms with van der Waals surface area (Å²) < 4.78 is 18.7. The van der Waals surface area contributed by atoms with Crippen LogP contribution in [-0.2, 0) is 0 Å². The average Bonchev–Trinajstić information content (AvgIpc) is 2.54. The molecule has 2 aromatic carbocycles. The SMILES string of the molecule is COc1ccc(C(CNc2cc(F)cc(C(=O)O)c2)N(C)C)cc1. The molecule has 0 saturated heterocycles. The third-order valence-corrected chi connectivity index (χ3v) is 3.77. The number of methoxy groups -OCH3 is 1. The van der Waals surface area contributed by atoms with Crippen LogP contribution >= 0.6 is 0 Å². The molecular formula is C18H21FN2O3. The zero-order chi connectivity index (χ0) is 17.7. The van der Waals surface area contributed by atoms with Crippen LogP contribution < -0.4 is 10.1 Å². The van der Waals surface area contributed by atoms with E-state index in [2.05, 4.69) is 5.32 Å². The van der Waals surface area contributed by atoms with Crippen LogP contribution in [0.3, 0.4) is 0 Å². The Labute approximate surface area is 140 Å². The summed E-state index contributed by atoms with van der Waals surface area (Å²) in [6.07, 6.45) is 0. The Morgan fingerprint density at radius 1 is 1.25 bits per heavy atom. The van der Waals surface area contributed by atoms with Crippen molar-refractivity contribution in [2.24, 2.45) is 0 Å². The number of carboxylic acid groups (broad SMARTS) is 1. The van der Waals surface area contributed by atoms with Gasteiger partial charge in [-0.1, -0.05) is 12.1 Å². The summed E-state index contributed by atoms with van der Waals surface area (Å²) >= 11 is 0. The highest BCUT2D eigenvalue weighted by molar-refractivity contribution is 5.88. The fourth-order valence-electron chi connectivity index (χ4n) is 2.45. The second kappa shape index (κ2) is 7.79. The van der Waals surface area contributed by atoms with Crippen LogP contribution in [0, 0.1) is 5.82 Å². The van der Waals surface area contributed by atoms with E-state index in [4.69, 9.17) is 9.84 Å². The number of carbonyl (C=O) groups is 1. The van der Waals surface area contributed by atoms with E-state index < -0.39 is 11.8 Å². The van der Waals surface area contributed by atoms with Crippen molar-refractivity contribution in [3.8, 4) is 5.75 Å². The van der Waals surface area contributed by atoms with E-state index >= 15 is 0 Å². The summed E-state index contributed by atoms with van der Waals surface area (Å²) in [5.41, 5.74) is 1.43. The molecule has 0 saturated carbocycles. The van der Waals surface area contributed by atoms with Gasteiger partial charge in [0.05, 0.1) is 18.7 Å². The van der Waals surface area contributed by atoms with Gasteiger partial charge in [-0.3, -0.25) is 0 Å². The maximum atomic E-state index is 13.5. The summed E-state index contributed by atoms with van der Waals surface area (Å²) in [6, 6.07) is 11.5. The Bertz CT molecular complexity index is 702. The van der Waals surface area contributed by atoms with Crippen molar-refractivity contribution in [3.63, 3.8) is 0 Å². The van der Waals surface area contributed by atoms with Crippen LogP contribution in [0.5, 0.6) is 5.75 Å². The van der Waals surface area contributed by atoms with E-state index in [1.165, 1.54) is 12.1 Å². The predicted octanol–water partition coefficient (Wildman–Crippen LogP) is 3.25. The molecule has 0 heterocycles. The molecule has 0 amide bonds. The summed E-state index contributed by atoms with van der Waals surface area (Å²) in [5.74, 6) is -0.958. The number of halogens is 1. The van der Waals surface area contributed by atoms with Gasteiger partial charge >= 0.3 is 5.97 Å². The first-order valence-electron chi connectivity index (χ1n) is 7.49. The molecule has 1 atom stereocenters. The predicted molar refractivity (Wildman–Crippen MR) is 91.3 cm³/mol. The lowest BCUT2D eigenvalue weighted by Gasteiger charge is -2.26. The van der Waals surface area contributed by atoms with E-state index in [-0.39, 0.29) is 11.6 Å². The number of aromatic carboxylic acids is 1. The zero-order valence-corrected chi connectivity index (χ0v) is 13.9. The lowest BCUT2D eigenvalue weighted by molar-refractivity contribution is 0.0696. The Hall–Kier alpha value is -2.60. The minimum Gasteiger partial charge on any atom is -0.497 e. The molecule has 5 nitrogen and oxygen atoms in total. The van der Waals surface area contributed by atoms with Crippen LogP contribution in [0.4, 0.5) is 10.1 Å². The molecule has 128 valence electrons. The van der Waals surface area contributed by atoms with Crippen LogP contribution in [0.1, 0.15) is 22.0 Å². The molecule has 0 spiro atoms. The topological polar surface area (TPSA) is 61.8 Å². The Balaban J connectivity index is 2.15. The molecule has 24 heavy (non-hydrogen) atoms. The fourth-order valence-corrected chi connectivity index (χ4v) is 2.45. The van der Waals surface area contributed by atoms with Gasteiger partial charge in [-0.05, 0) is 50.0 Å². The second-order valence-corrected chi connectivity index (χ2v) is 5.67. The highest BCUT2D eigenvalue weighted by atomic mass is 19.1. The Kier molecular flexibility index (Phi) is 5.76. The smallest absolute Gasteiger partial charge is 0.335 e. The lowest BCUT2D eigenvalue weighted by atomic mass is 10.1. The van der Waals surface area contributed by atoms with E-state index in [0.29, 0.717) is 12.2 Å². The third-order valence-electron chi connectivity index (χ3n) is 3.77. The number of benzene rings is 2. The maximum absolute atomic E-state index is 13.5. The third kappa shape index (κ3) is 4.45. The van der Waals surface area contributed by atoms with Gasteiger partial charge in [0, 0.05) is 12.2 Å². The number of anilines is 1. The molecule has 6 heteroatoms. The molecule has 0 aliphatic heterocycles. The van der Waals surface area contributed by atoms with E-state index in [1.54, 1.807) is 7.11 Å². The highest BCUT2D eigenvalue weighted by Crippen LogP contribution is 2.23. The second-order valence-electron chi connectivity index (χ2n) is 5.67. The average molecular weight is 332 g/mol. The number of hydrogen-bond acceptors (Lipinski definition) is 4. The standard InChI is InChI=1S/C18H21FN2O3/c1-21(2)17(12-4-6-16(24-3)7-5-12)11-20-15-9-13(18(22)23)8-14(19)10-15/h4-10,17,20H,11H2,1-3H3,(H,22,23). The van der Waals surface area contributed by atoms with Crippen molar-refractivity contribution < 1.29 is 19.0 Å². The largest absolute Gasteiger partial charge is 0.497 e. The van der Waals surface area contributed by atoms with Crippen LogP contribution in [0.15, 0.2) is 42.5 Å². The normalized spacial score (nSPS) is 12.0. The molecule has 0 radical (unpaired) electrons. The molecule has 0 aromatic heterocycles. The Morgan fingerprint density at radius 2 is 1.92 bits per heavy atom. The summed E-state index contributed by atoms with van der Waals surface area (Å²) in [7, 11) is 5.51. The molecule has 2 N–H and O–H groups in total. The molecule has 0 aliphatic carbocycles. The number of nitrogens with one attached hydrogen (secondary N) is 1. The minimum atomic E-state index is -1.16. The van der Waals surface area contributed by atoms with Crippen molar-refractivity contribution in [1.29, 1.82) is 0 Å². The van der Waals surface area contributed by atoms with E-state index in [1.807, 2.05) is 43.3 Å². The minimum absolute atomic E-state index is 0.0347. The fraction of sp³-hybridized carbons (Fsp3) is 0.278. The van der Waals surface area contributed by atoms with Gasteiger partial charge in [0.2, 0.25) is 0 Å². The Morgan fingerprint density at radius 3 is 2.46 bits per heavy atom. The first-order valence-corrected chi connectivity index (χ1v) is 7.49. The van der Waals surface area contributed by atoms with Crippen LogP contribution in [0.25, 0.3) is 0 Å². The van der Waals surface area contributed by atoms with Gasteiger partial charge < -0.3 is 20.1 Å². The lowest BCUT2D eigenvalue weighted by Crippen LogP contribution is -2.26. The number of carboxylic acids is 1. The molecule has 2 rings (SSSR count). The van der Waals surface area contributed by atoms with Gasteiger partial charge in [-0.25, -0.2) is 9.18 Å². The summed E-state index contributed by atoms with van der Waals surface area (Å²) in [6.45, 7) is 0.502. The van der Waals surface area contributed by atoms with Crippen molar-refractivity contribution >= 4 is 11.7 Å². The molecule has 2 aromatic rings. The summed E-state index contributed by atoms with van der Waals surface area (Å²) in [4.78, 5) is 13.1. The van der Waals surface area contributed by atoms with Crippen LogP contribution in [-0.4, -0.2) is 43.7 Å². The van der Waals surface area contributed by atoms with Gasteiger partial charge in [-0.15, -0.1) is 0 Å². The van der Waals surface area contributed by atoms with Gasteiger partial charge in [0.25, 0.3) is 0 Å². The number of rotatable bonds is 7. The quantitative estimate of drug-likeness (QED) is 0.815. The first kappa shape index (κ1) is 17.7. The van der Waals surface area contributed by atoms with Gasteiger partial charge in [0.15, 0.2) is 0 Å². The highest BCUT2D eigenvalue weighted by Gasteiger charge is 2.15. The first-order chi connectivity index (χ1) is 11.4. The molecule has 0 bridgehead atoms. The van der Waals surface area contributed by atoms with Gasteiger partial charge in [-0.2, -0.15) is 0 Å². The van der Waals surface area contributed by atoms with Crippen molar-refractivity contribution in [1.82, 2.24) is 4.90 Å². The van der Waals surface area contributed by atoms with E-state index in [9.17, 15) is 9.18 Å².